The van der Waals surface area contributed by atoms with E-state index in [1.165, 1.54) is 0 Å². The Balaban J connectivity index is 1.53. The average molecular weight is 428 g/mol. The number of rotatable bonds is 8. The molecule has 0 fully saturated rings. The van der Waals surface area contributed by atoms with Gasteiger partial charge in [0.15, 0.2) is 0 Å². The maximum atomic E-state index is 5.68. The molecule has 4 aromatic rings. The Morgan fingerprint density at radius 2 is 1.59 bits per heavy atom. The Morgan fingerprint density at radius 1 is 0.875 bits per heavy atom. The summed E-state index contributed by atoms with van der Waals surface area (Å²) in [6, 6.07) is 18.8. The van der Waals surface area contributed by atoms with Crippen molar-refractivity contribution in [1.82, 2.24) is 25.2 Å². The summed E-state index contributed by atoms with van der Waals surface area (Å²) in [6.45, 7) is 8.27. The smallest absolute Gasteiger partial charge is 0.219 e. The summed E-state index contributed by atoms with van der Waals surface area (Å²) in [6.07, 6.45) is 5.83. The lowest BCUT2D eigenvalue weighted by Crippen LogP contribution is -2.04. The van der Waals surface area contributed by atoms with Gasteiger partial charge in [-0.15, -0.1) is 10.2 Å². The van der Waals surface area contributed by atoms with Gasteiger partial charge in [0, 0.05) is 23.5 Å². The molecule has 0 aliphatic carbocycles. The number of aromatic nitrogens is 5. The normalized spacial score (nSPS) is 11.8. The second kappa shape index (κ2) is 9.73. The Labute approximate surface area is 189 Å². The van der Waals surface area contributed by atoms with Crippen molar-refractivity contribution < 1.29 is 4.42 Å². The van der Waals surface area contributed by atoms with Gasteiger partial charge < -0.3 is 4.42 Å². The minimum Gasteiger partial charge on any atom is -0.425 e. The molecular weight excluding hydrogens is 398 g/mol. The summed E-state index contributed by atoms with van der Waals surface area (Å²) in [5.74, 6) is 1.63. The van der Waals surface area contributed by atoms with Crippen molar-refractivity contribution in [2.45, 2.75) is 52.5 Å². The van der Waals surface area contributed by atoms with E-state index in [-0.39, 0.29) is 12.0 Å². The standard InChI is InChI=1S/C26H29N5O/c1-18(2)26-28-27-23(32-26)16-9-8-11-20-12-10-15-22(17-20)25-24(21-13-6-5-7-14-21)29-31(30-25)19(3)4/h5-8,10-15,17-19H,9,16H2,1-4H3. The van der Waals surface area contributed by atoms with Crippen molar-refractivity contribution in [1.29, 1.82) is 0 Å². The quantitative estimate of drug-likeness (QED) is 0.328. The molecule has 2 aromatic carbocycles. The monoisotopic (exact) mass is 427 g/mol. The number of hydrogen-bond acceptors (Lipinski definition) is 5. The van der Waals surface area contributed by atoms with Crippen LogP contribution in [0, 0.1) is 0 Å². The fourth-order valence-electron chi connectivity index (χ4n) is 3.35. The Hall–Kier alpha value is -3.54. The maximum Gasteiger partial charge on any atom is 0.219 e. The summed E-state index contributed by atoms with van der Waals surface area (Å²) in [5, 5.41) is 17.8. The molecule has 0 N–H and O–H groups in total. The SMILES string of the molecule is CC(C)c1nnc(CCC=Cc2cccc(-c3nn(C(C)C)nc3-c3ccccc3)c2)o1. The second-order valence-corrected chi connectivity index (χ2v) is 8.43. The molecule has 0 spiro atoms. The number of benzene rings is 2. The van der Waals surface area contributed by atoms with E-state index in [2.05, 4.69) is 72.6 Å². The number of aryl methyl sites for hydroxylation is 1. The molecule has 6 heteroatoms. The molecule has 0 atom stereocenters. The first-order chi connectivity index (χ1) is 15.5. The molecule has 164 valence electrons. The van der Waals surface area contributed by atoms with E-state index >= 15 is 0 Å². The van der Waals surface area contributed by atoms with Gasteiger partial charge in [-0.1, -0.05) is 74.5 Å². The molecule has 0 bridgehead atoms. The van der Waals surface area contributed by atoms with E-state index in [4.69, 9.17) is 14.6 Å². The van der Waals surface area contributed by atoms with Crippen LogP contribution < -0.4 is 0 Å². The zero-order valence-electron chi connectivity index (χ0n) is 19.1. The van der Waals surface area contributed by atoms with Gasteiger partial charge in [-0.05, 0) is 31.9 Å². The fraction of sp³-hybridized carbons (Fsp3) is 0.308. The van der Waals surface area contributed by atoms with Crippen molar-refractivity contribution in [3.63, 3.8) is 0 Å². The largest absolute Gasteiger partial charge is 0.425 e. The first-order valence-corrected chi connectivity index (χ1v) is 11.1. The van der Waals surface area contributed by atoms with E-state index < -0.39 is 0 Å². The molecule has 2 heterocycles. The van der Waals surface area contributed by atoms with Crippen LogP contribution in [0.1, 0.15) is 63.4 Å². The first kappa shape index (κ1) is 21.7. The minimum atomic E-state index is 0.190. The topological polar surface area (TPSA) is 69.6 Å². The van der Waals surface area contributed by atoms with Crippen LogP contribution in [0.3, 0.4) is 0 Å². The third-order valence-electron chi connectivity index (χ3n) is 5.11. The maximum absolute atomic E-state index is 5.68. The molecule has 0 saturated heterocycles. The lowest BCUT2D eigenvalue weighted by atomic mass is 10.0. The van der Waals surface area contributed by atoms with Crippen molar-refractivity contribution in [3.8, 4) is 22.5 Å². The Bertz CT molecular complexity index is 1190. The van der Waals surface area contributed by atoms with Crippen molar-refractivity contribution >= 4 is 6.08 Å². The van der Waals surface area contributed by atoms with Gasteiger partial charge in [-0.3, -0.25) is 0 Å². The fourth-order valence-corrected chi connectivity index (χ4v) is 3.35. The van der Waals surface area contributed by atoms with Gasteiger partial charge >= 0.3 is 0 Å². The van der Waals surface area contributed by atoms with E-state index in [0.29, 0.717) is 11.8 Å². The lowest BCUT2D eigenvalue weighted by molar-refractivity contribution is 0.432. The molecule has 0 amide bonds. The van der Waals surface area contributed by atoms with Gasteiger partial charge in [0.05, 0.1) is 6.04 Å². The number of allylic oxidation sites excluding steroid dienone is 1. The molecule has 4 rings (SSSR count). The molecule has 0 aliphatic rings. The van der Waals surface area contributed by atoms with Gasteiger partial charge in [0.2, 0.25) is 11.8 Å². The van der Waals surface area contributed by atoms with Crippen LogP contribution in [0.4, 0.5) is 0 Å². The van der Waals surface area contributed by atoms with Crippen LogP contribution in [0.25, 0.3) is 28.6 Å². The summed E-state index contributed by atoms with van der Waals surface area (Å²) in [5.41, 5.74) is 5.03. The molecule has 32 heavy (non-hydrogen) atoms. The van der Waals surface area contributed by atoms with E-state index in [0.717, 1.165) is 40.9 Å². The second-order valence-electron chi connectivity index (χ2n) is 8.43. The Kier molecular flexibility index (Phi) is 6.59. The average Bonchev–Trinajstić information content (AvgIpc) is 3.45. The van der Waals surface area contributed by atoms with Gasteiger partial charge in [0.25, 0.3) is 0 Å². The lowest BCUT2D eigenvalue weighted by Gasteiger charge is -2.03. The number of hydrogen-bond donors (Lipinski definition) is 0. The van der Waals surface area contributed by atoms with Gasteiger partial charge in [-0.25, -0.2) is 0 Å². The number of nitrogens with zero attached hydrogens (tertiary/aromatic N) is 5. The van der Waals surface area contributed by atoms with Crippen LogP contribution in [0.5, 0.6) is 0 Å². The third-order valence-corrected chi connectivity index (χ3v) is 5.11. The molecule has 2 aromatic heterocycles. The third kappa shape index (κ3) is 5.02. The highest BCUT2D eigenvalue weighted by molar-refractivity contribution is 5.78. The molecular formula is C26H29N5O. The van der Waals surface area contributed by atoms with Crippen LogP contribution in [0.2, 0.25) is 0 Å². The van der Waals surface area contributed by atoms with Crippen LogP contribution in [-0.4, -0.2) is 25.2 Å². The summed E-state index contributed by atoms with van der Waals surface area (Å²) >= 11 is 0. The van der Waals surface area contributed by atoms with Crippen LogP contribution in [-0.2, 0) is 6.42 Å². The minimum absolute atomic E-state index is 0.190. The van der Waals surface area contributed by atoms with Gasteiger partial charge in [-0.2, -0.15) is 15.0 Å². The molecule has 0 aliphatic heterocycles. The molecule has 0 unspecified atom stereocenters. The summed E-state index contributed by atoms with van der Waals surface area (Å²) in [4.78, 5) is 1.79. The molecule has 0 radical (unpaired) electrons. The Morgan fingerprint density at radius 3 is 2.28 bits per heavy atom. The van der Waals surface area contributed by atoms with Crippen LogP contribution >= 0.6 is 0 Å². The highest BCUT2D eigenvalue weighted by atomic mass is 16.4. The van der Waals surface area contributed by atoms with Crippen molar-refractivity contribution in [2.75, 3.05) is 0 Å². The van der Waals surface area contributed by atoms with Gasteiger partial charge in [0.1, 0.15) is 11.4 Å². The van der Waals surface area contributed by atoms with E-state index in [1.807, 2.05) is 32.0 Å². The first-order valence-electron chi connectivity index (χ1n) is 11.1. The summed E-state index contributed by atoms with van der Waals surface area (Å²) < 4.78 is 5.68. The zero-order valence-corrected chi connectivity index (χ0v) is 19.1. The summed E-state index contributed by atoms with van der Waals surface area (Å²) in [7, 11) is 0. The highest BCUT2D eigenvalue weighted by Gasteiger charge is 2.16. The predicted octanol–water partition coefficient (Wildman–Crippen LogP) is 6.35. The van der Waals surface area contributed by atoms with Crippen molar-refractivity contribution in [3.05, 3.63) is 78.0 Å². The highest BCUT2D eigenvalue weighted by Crippen LogP contribution is 2.30. The van der Waals surface area contributed by atoms with Crippen LogP contribution in [0.15, 0.2) is 65.1 Å². The molecule has 6 nitrogen and oxygen atoms in total. The van der Waals surface area contributed by atoms with Crippen molar-refractivity contribution in [2.24, 2.45) is 0 Å². The predicted molar refractivity (Wildman–Crippen MR) is 127 cm³/mol. The van der Waals surface area contributed by atoms with E-state index in [1.54, 1.807) is 4.80 Å². The van der Waals surface area contributed by atoms with E-state index in [9.17, 15) is 0 Å². The molecule has 0 saturated carbocycles. The zero-order chi connectivity index (χ0) is 22.5.